The highest BCUT2D eigenvalue weighted by molar-refractivity contribution is 7.12. The maximum Gasteiger partial charge on any atom is 0.115 e. The Bertz CT molecular complexity index is 629. The van der Waals surface area contributed by atoms with Gasteiger partial charge in [0.15, 0.2) is 0 Å². The van der Waals surface area contributed by atoms with Crippen molar-refractivity contribution in [2.75, 3.05) is 0 Å². The number of hydrogen-bond donors (Lipinski definition) is 0. The Morgan fingerprint density at radius 1 is 1.38 bits per heavy atom. The molecular formula is C17H22N2S2. The molecule has 2 heterocycles. The molecule has 0 saturated heterocycles. The Hall–Kier alpha value is -1.26. The van der Waals surface area contributed by atoms with E-state index in [9.17, 15) is 0 Å². The molecule has 112 valence electrons. The van der Waals surface area contributed by atoms with Crippen LogP contribution in [0.25, 0.3) is 12.2 Å². The van der Waals surface area contributed by atoms with Gasteiger partial charge >= 0.3 is 0 Å². The standard InChI is InChI=1S/C17H22N2S2/c1-6-13-10-14(21-19-13)12(2)8-7-9-16-18-11-15(20-16)17(3,4)5/h6-7,9-12H,1,8H2,2-5H3/b9-7+. The van der Waals surface area contributed by atoms with Crippen molar-refractivity contribution in [2.24, 2.45) is 0 Å². The van der Waals surface area contributed by atoms with Gasteiger partial charge in [-0.2, -0.15) is 4.37 Å². The maximum absolute atomic E-state index is 4.48. The predicted octanol–water partition coefficient (Wildman–Crippen LogP) is 5.75. The molecule has 0 N–H and O–H groups in total. The van der Waals surface area contributed by atoms with E-state index in [0.29, 0.717) is 5.92 Å². The Kier molecular flexibility index (Phi) is 5.12. The van der Waals surface area contributed by atoms with Gasteiger partial charge in [-0.15, -0.1) is 11.3 Å². The Labute approximate surface area is 135 Å². The third kappa shape index (κ3) is 4.35. The molecule has 0 aliphatic carbocycles. The first-order chi connectivity index (χ1) is 9.90. The Balaban J connectivity index is 1.95. The van der Waals surface area contributed by atoms with E-state index in [1.807, 2.05) is 6.20 Å². The fourth-order valence-electron chi connectivity index (χ4n) is 1.83. The summed E-state index contributed by atoms with van der Waals surface area (Å²) in [6.45, 7) is 12.6. The van der Waals surface area contributed by atoms with Crippen molar-refractivity contribution >= 4 is 35.0 Å². The van der Waals surface area contributed by atoms with E-state index in [1.165, 1.54) is 9.75 Å². The van der Waals surface area contributed by atoms with Crippen molar-refractivity contribution in [3.05, 3.63) is 45.4 Å². The molecule has 0 fully saturated rings. The van der Waals surface area contributed by atoms with Gasteiger partial charge in [0.2, 0.25) is 0 Å². The summed E-state index contributed by atoms with van der Waals surface area (Å²) in [6.07, 6.45) is 9.14. The second-order valence-corrected chi connectivity index (χ2v) is 8.11. The van der Waals surface area contributed by atoms with Gasteiger partial charge in [-0.1, -0.05) is 40.3 Å². The number of rotatable bonds is 5. The van der Waals surface area contributed by atoms with Gasteiger partial charge in [0, 0.05) is 16.0 Å². The maximum atomic E-state index is 4.48. The molecule has 2 aromatic rings. The first-order valence-electron chi connectivity index (χ1n) is 7.12. The van der Waals surface area contributed by atoms with Crippen LogP contribution in [0.4, 0.5) is 0 Å². The fraction of sp³-hybridized carbons (Fsp3) is 0.412. The second kappa shape index (κ2) is 6.67. The largest absolute Gasteiger partial charge is 0.245 e. The van der Waals surface area contributed by atoms with Crippen molar-refractivity contribution in [3.63, 3.8) is 0 Å². The summed E-state index contributed by atoms with van der Waals surface area (Å²) in [7, 11) is 0. The van der Waals surface area contributed by atoms with Crippen LogP contribution < -0.4 is 0 Å². The molecule has 2 rings (SSSR count). The SMILES string of the molecule is C=Cc1cc(C(C)C/C=C/c2ncc(C(C)(C)C)s2)sn1. The fourth-order valence-corrected chi connectivity index (χ4v) is 3.53. The van der Waals surface area contributed by atoms with Crippen molar-refractivity contribution < 1.29 is 0 Å². The van der Waals surface area contributed by atoms with E-state index in [1.54, 1.807) is 28.9 Å². The summed E-state index contributed by atoms with van der Waals surface area (Å²) in [6, 6.07) is 2.12. The molecule has 0 radical (unpaired) electrons. The number of aromatic nitrogens is 2. The zero-order chi connectivity index (χ0) is 15.5. The van der Waals surface area contributed by atoms with Gasteiger partial charge in [0.1, 0.15) is 5.01 Å². The zero-order valence-corrected chi connectivity index (χ0v) is 14.7. The molecule has 0 amide bonds. The van der Waals surface area contributed by atoms with Crippen LogP contribution in [-0.2, 0) is 5.41 Å². The van der Waals surface area contributed by atoms with Crippen molar-refractivity contribution in [2.45, 2.75) is 45.4 Å². The number of thiazole rings is 1. The average molecular weight is 319 g/mol. The van der Waals surface area contributed by atoms with Gasteiger partial charge in [-0.3, -0.25) is 0 Å². The molecule has 0 aliphatic rings. The minimum absolute atomic E-state index is 0.181. The highest BCUT2D eigenvalue weighted by atomic mass is 32.1. The number of hydrogen-bond acceptors (Lipinski definition) is 4. The molecule has 0 aliphatic heterocycles. The van der Waals surface area contributed by atoms with E-state index < -0.39 is 0 Å². The lowest BCUT2D eigenvalue weighted by Gasteiger charge is -2.14. The van der Waals surface area contributed by atoms with Gasteiger partial charge in [0.25, 0.3) is 0 Å². The van der Waals surface area contributed by atoms with Crippen molar-refractivity contribution in [3.8, 4) is 0 Å². The molecule has 0 saturated carbocycles. The summed E-state index contributed by atoms with van der Waals surface area (Å²) in [5, 5.41) is 1.09. The highest BCUT2D eigenvalue weighted by Gasteiger charge is 2.16. The van der Waals surface area contributed by atoms with Crippen molar-refractivity contribution in [1.82, 2.24) is 9.36 Å². The third-order valence-electron chi connectivity index (χ3n) is 3.25. The molecule has 21 heavy (non-hydrogen) atoms. The van der Waals surface area contributed by atoms with E-state index in [2.05, 4.69) is 61.8 Å². The quantitative estimate of drug-likeness (QED) is 0.701. The Morgan fingerprint density at radius 3 is 2.71 bits per heavy atom. The summed E-state index contributed by atoms with van der Waals surface area (Å²) < 4.78 is 4.34. The minimum Gasteiger partial charge on any atom is -0.245 e. The minimum atomic E-state index is 0.181. The predicted molar refractivity (Wildman–Crippen MR) is 95.1 cm³/mol. The van der Waals surface area contributed by atoms with Crippen LogP contribution in [0.5, 0.6) is 0 Å². The van der Waals surface area contributed by atoms with E-state index in [4.69, 9.17) is 0 Å². The van der Waals surface area contributed by atoms with Crippen LogP contribution in [0.2, 0.25) is 0 Å². The summed E-state index contributed by atoms with van der Waals surface area (Å²) in [4.78, 5) is 7.11. The third-order valence-corrected chi connectivity index (χ3v) is 5.68. The summed E-state index contributed by atoms with van der Waals surface area (Å²) in [5.74, 6) is 0.481. The molecule has 2 nitrogen and oxygen atoms in total. The molecule has 1 atom stereocenters. The first-order valence-corrected chi connectivity index (χ1v) is 8.71. The van der Waals surface area contributed by atoms with Crippen LogP contribution >= 0.6 is 22.9 Å². The lowest BCUT2D eigenvalue weighted by molar-refractivity contribution is 0.602. The van der Waals surface area contributed by atoms with Gasteiger partial charge in [-0.25, -0.2) is 4.98 Å². The van der Waals surface area contributed by atoms with Crippen LogP contribution in [0.1, 0.15) is 60.5 Å². The van der Waals surface area contributed by atoms with E-state index in [-0.39, 0.29) is 5.41 Å². The smallest absolute Gasteiger partial charge is 0.115 e. The monoisotopic (exact) mass is 318 g/mol. The molecule has 1 unspecified atom stereocenters. The van der Waals surface area contributed by atoms with Crippen molar-refractivity contribution in [1.29, 1.82) is 0 Å². The normalized spacial score (nSPS) is 13.7. The second-order valence-electron chi connectivity index (χ2n) is 6.21. The highest BCUT2D eigenvalue weighted by Crippen LogP contribution is 2.29. The molecule has 0 aromatic carbocycles. The van der Waals surface area contributed by atoms with E-state index >= 15 is 0 Å². The molecule has 0 bridgehead atoms. The molecule has 0 spiro atoms. The van der Waals surface area contributed by atoms with Crippen LogP contribution in [0.3, 0.4) is 0 Å². The molecule has 2 aromatic heterocycles. The average Bonchev–Trinajstić information content (AvgIpc) is 3.06. The first kappa shape index (κ1) is 16.1. The van der Waals surface area contributed by atoms with Gasteiger partial charge < -0.3 is 0 Å². The topological polar surface area (TPSA) is 25.8 Å². The van der Waals surface area contributed by atoms with Crippen LogP contribution in [-0.4, -0.2) is 9.36 Å². The van der Waals surface area contributed by atoms with E-state index in [0.717, 1.165) is 17.1 Å². The Morgan fingerprint density at radius 2 is 2.14 bits per heavy atom. The molecule has 4 heteroatoms. The molecular weight excluding hydrogens is 296 g/mol. The summed E-state index contributed by atoms with van der Waals surface area (Å²) >= 11 is 3.34. The summed E-state index contributed by atoms with van der Waals surface area (Å²) in [5.41, 5.74) is 1.15. The zero-order valence-electron chi connectivity index (χ0n) is 13.1. The van der Waals surface area contributed by atoms with Gasteiger partial charge in [-0.05, 0) is 47.5 Å². The van der Waals surface area contributed by atoms with Crippen LogP contribution in [0, 0.1) is 0 Å². The number of allylic oxidation sites excluding steroid dienone is 1. The number of nitrogens with zero attached hydrogens (tertiary/aromatic N) is 2. The van der Waals surface area contributed by atoms with Crippen LogP contribution in [0.15, 0.2) is 24.9 Å². The lowest BCUT2D eigenvalue weighted by atomic mass is 9.96. The van der Waals surface area contributed by atoms with Gasteiger partial charge in [0.05, 0.1) is 5.69 Å². The lowest BCUT2D eigenvalue weighted by Crippen LogP contribution is -2.07.